The van der Waals surface area contributed by atoms with E-state index in [9.17, 15) is 10.0 Å². The van der Waals surface area contributed by atoms with Crippen LogP contribution in [0.4, 0.5) is 0 Å². The highest BCUT2D eigenvalue weighted by Gasteiger charge is 2.34. The molecule has 130 valence electrons. The maximum absolute atomic E-state index is 9.58. The van der Waals surface area contributed by atoms with E-state index >= 15 is 0 Å². The number of fused-ring (bicyclic) bond motifs is 2. The summed E-state index contributed by atoms with van der Waals surface area (Å²) in [6, 6.07) is 16.2. The zero-order chi connectivity index (χ0) is 18.5. The maximum Gasteiger partial charge on any atom is 0.488 e. The zero-order valence-corrected chi connectivity index (χ0v) is 15.3. The van der Waals surface area contributed by atoms with Gasteiger partial charge in [0.15, 0.2) is 0 Å². The van der Waals surface area contributed by atoms with Gasteiger partial charge in [-0.3, -0.25) is 4.98 Å². The molecule has 4 rings (SSSR count). The molecular formula is C22H22BNO2. The number of pyridine rings is 1. The molecule has 0 bridgehead atoms. The van der Waals surface area contributed by atoms with Crippen LogP contribution in [0.2, 0.25) is 0 Å². The summed E-state index contributed by atoms with van der Waals surface area (Å²) in [7, 11) is -1.46. The number of rotatable bonds is 2. The van der Waals surface area contributed by atoms with Crippen molar-refractivity contribution in [3.63, 3.8) is 0 Å². The quantitative estimate of drug-likeness (QED) is 0.704. The molecule has 0 unspecified atom stereocenters. The lowest BCUT2D eigenvalue weighted by atomic mass is 9.69. The number of aryl methyl sites for hydroxylation is 1. The largest absolute Gasteiger partial charge is 0.488 e. The van der Waals surface area contributed by atoms with Gasteiger partial charge in [0.1, 0.15) is 0 Å². The first-order chi connectivity index (χ1) is 12.4. The minimum absolute atomic E-state index is 0.164. The van der Waals surface area contributed by atoms with Gasteiger partial charge < -0.3 is 10.0 Å². The molecule has 0 amide bonds. The minimum atomic E-state index is -1.46. The van der Waals surface area contributed by atoms with Crippen molar-refractivity contribution in [3.8, 4) is 11.1 Å². The van der Waals surface area contributed by atoms with Gasteiger partial charge in [0, 0.05) is 18.0 Å². The third-order valence-corrected chi connectivity index (χ3v) is 5.55. The fourth-order valence-electron chi connectivity index (χ4n) is 4.17. The Kier molecular flexibility index (Phi) is 3.98. The predicted octanol–water partition coefficient (Wildman–Crippen LogP) is 2.97. The van der Waals surface area contributed by atoms with Crippen molar-refractivity contribution in [2.24, 2.45) is 0 Å². The van der Waals surface area contributed by atoms with Crippen LogP contribution in [0.3, 0.4) is 0 Å². The van der Waals surface area contributed by atoms with E-state index in [0.717, 1.165) is 28.8 Å². The average molecular weight is 343 g/mol. The first kappa shape index (κ1) is 17.0. The normalized spacial score (nSPS) is 14.5. The van der Waals surface area contributed by atoms with Crippen LogP contribution in [0.15, 0.2) is 54.7 Å². The predicted molar refractivity (Wildman–Crippen MR) is 106 cm³/mol. The van der Waals surface area contributed by atoms with Crippen molar-refractivity contribution in [3.05, 3.63) is 82.7 Å². The summed E-state index contributed by atoms with van der Waals surface area (Å²) in [4.78, 5) is 4.66. The van der Waals surface area contributed by atoms with Crippen LogP contribution in [-0.4, -0.2) is 22.2 Å². The van der Waals surface area contributed by atoms with Crippen LogP contribution in [-0.2, 0) is 11.8 Å². The molecule has 26 heavy (non-hydrogen) atoms. The third-order valence-electron chi connectivity index (χ3n) is 5.55. The van der Waals surface area contributed by atoms with Gasteiger partial charge in [-0.2, -0.15) is 0 Å². The molecule has 1 aliphatic carbocycles. The first-order valence-corrected chi connectivity index (χ1v) is 8.93. The van der Waals surface area contributed by atoms with Crippen molar-refractivity contribution in [1.82, 2.24) is 4.98 Å². The van der Waals surface area contributed by atoms with E-state index in [0.29, 0.717) is 5.46 Å². The van der Waals surface area contributed by atoms with E-state index < -0.39 is 7.12 Å². The Labute approximate surface area is 154 Å². The van der Waals surface area contributed by atoms with Gasteiger partial charge in [-0.15, -0.1) is 0 Å². The lowest BCUT2D eigenvalue weighted by molar-refractivity contribution is 0.426. The van der Waals surface area contributed by atoms with E-state index in [2.05, 4.69) is 50.0 Å². The summed E-state index contributed by atoms with van der Waals surface area (Å²) in [5.41, 5.74) is 8.66. The van der Waals surface area contributed by atoms with Crippen molar-refractivity contribution in [2.75, 3.05) is 0 Å². The number of aromatic nitrogens is 1. The van der Waals surface area contributed by atoms with Gasteiger partial charge >= 0.3 is 7.12 Å². The van der Waals surface area contributed by atoms with Gasteiger partial charge in [0.05, 0.1) is 5.69 Å². The van der Waals surface area contributed by atoms with Crippen LogP contribution >= 0.6 is 0 Å². The molecular weight excluding hydrogens is 321 g/mol. The Balaban J connectivity index is 1.95. The number of hydrogen-bond acceptors (Lipinski definition) is 3. The van der Waals surface area contributed by atoms with Gasteiger partial charge in [-0.05, 0) is 51.8 Å². The molecule has 0 saturated carbocycles. The molecule has 0 spiro atoms. The fraction of sp³-hybridized carbons (Fsp3) is 0.227. The van der Waals surface area contributed by atoms with Gasteiger partial charge in [-0.25, -0.2) is 0 Å². The van der Waals surface area contributed by atoms with Crippen molar-refractivity contribution in [2.45, 2.75) is 32.6 Å². The first-order valence-electron chi connectivity index (χ1n) is 8.93. The second-order valence-corrected chi connectivity index (χ2v) is 7.59. The number of nitrogens with zero attached hydrogens (tertiary/aromatic N) is 1. The number of hydrogen-bond donors (Lipinski definition) is 2. The number of benzene rings is 2. The van der Waals surface area contributed by atoms with Crippen LogP contribution in [0.1, 0.15) is 41.8 Å². The molecule has 3 aromatic rings. The summed E-state index contributed by atoms with van der Waals surface area (Å²) in [6.45, 7) is 6.51. The fourth-order valence-corrected chi connectivity index (χ4v) is 4.17. The topological polar surface area (TPSA) is 53.4 Å². The van der Waals surface area contributed by atoms with E-state index in [-0.39, 0.29) is 5.41 Å². The van der Waals surface area contributed by atoms with Gasteiger partial charge in [0.25, 0.3) is 0 Å². The lowest BCUT2D eigenvalue weighted by Gasteiger charge is -2.35. The SMILES string of the molecule is Cc1ccc(B(O)O)cc1-c1cccc2c1Cc1cccnc1C2(C)C. The maximum atomic E-state index is 9.58. The highest BCUT2D eigenvalue weighted by atomic mass is 16.4. The van der Waals surface area contributed by atoms with Gasteiger partial charge in [0.2, 0.25) is 0 Å². The molecule has 1 heterocycles. The van der Waals surface area contributed by atoms with Crippen molar-refractivity contribution >= 4 is 12.6 Å². The van der Waals surface area contributed by atoms with E-state index in [1.165, 1.54) is 16.7 Å². The van der Waals surface area contributed by atoms with Crippen LogP contribution in [0.5, 0.6) is 0 Å². The Hall–Kier alpha value is -2.43. The Bertz CT molecular complexity index is 995. The minimum Gasteiger partial charge on any atom is -0.423 e. The summed E-state index contributed by atoms with van der Waals surface area (Å²) >= 11 is 0. The summed E-state index contributed by atoms with van der Waals surface area (Å²) in [6.07, 6.45) is 2.70. The molecule has 0 aliphatic heterocycles. The van der Waals surface area contributed by atoms with Gasteiger partial charge in [-0.1, -0.05) is 56.3 Å². The lowest BCUT2D eigenvalue weighted by Crippen LogP contribution is -2.30. The smallest absolute Gasteiger partial charge is 0.423 e. The zero-order valence-electron chi connectivity index (χ0n) is 15.3. The monoisotopic (exact) mass is 343 g/mol. The van der Waals surface area contributed by atoms with Crippen molar-refractivity contribution < 1.29 is 10.0 Å². The van der Waals surface area contributed by atoms with Crippen LogP contribution in [0, 0.1) is 6.92 Å². The second kappa shape index (κ2) is 6.08. The Morgan fingerprint density at radius 3 is 2.58 bits per heavy atom. The van der Waals surface area contributed by atoms with Crippen LogP contribution < -0.4 is 5.46 Å². The Morgan fingerprint density at radius 2 is 1.81 bits per heavy atom. The molecule has 0 fully saturated rings. The Morgan fingerprint density at radius 1 is 1.00 bits per heavy atom. The van der Waals surface area contributed by atoms with E-state index in [4.69, 9.17) is 0 Å². The standard InChI is InChI=1S/C22H22BNO2/c1-14-9-10-16(23(25)26)13-18(14)17-7-4-8-20-19(17)12-15-6-5-11-24-21(15)22(20,2)3/h4-11,13,25-26H,12H2,1-3H3. The van der Waals surface area contributed by atoms with Crippen molar-refractivity contribution in [1.29, 1.82) is 0 Å². The molecule has 0 saturated heterocycles. The second-order valence-electron chi connectivity index (χ2n) is 7.59. The summed E-state index contributed by atoms with van der Waals surface area (Å²) < 4.78 is 0. The highest BCUT2D eigenvalue weighted by Crippen LogP contribution is 2.43. The molecule has 0 atom stereocenters. The molecule has 0 radical (unpaired) electrons. The summed E-state index contributed by atoms with van der Waals surface area (Å²) in [5, 5.41) is 19.2. The van der Waals surface area contributed by atoms with Crippen LogP contribution in [0.25, 0.3) is 11.1 Å². The summed E-state index contributed by atoms with van der Waals surface area (Å²) in [5.74, 6) is 0. The molecule has 3 nitrogen and oxygen atoms in total. The van der Waals surface area contributed by atoms with E-state index in [1.807, 2.05) is 24.4 Å². The molecule has 2 N–H and O–H groups in total. The molecule has 1 aliphatic rings. The molecule has 2 aromatic carbocycles. The molecule has 4 heteroatoms. The molecule has 1 aromatic heterocycles. The van der Waals surface area contributed by atoms with E-state index in [1.54, 1.807) is 6.07 Å². The average Bonchev–Trinajstić information content (AvgIpc) is 2.62. The third kappa shape index (κ3) is 2.57. The highest BCUT2D eigenvalue weighted by molar-refractivity contribution is 6.58.